The van der Waals surface area contributed by atoms with Crippen LogP contribution in [0.2, 0.25) is 0 Å². The van der Waals surface area contributed by atoms with Gasteiger partial charge in [0.05, 0.1) is 18.4 Å². The largest absolute Gasteiger partial charge is 0.465 e. The van der Waals surface area contributed by atoms with Crippen molar-refractivity contribution in [2.24, 2.45) is 0 Å². The van der Waals surface area contributed by atoms with Gasteiger partial charge in [0.2, 0.25) is 5.91 Å². The number of hydrogen-bond acceptors (Lipinski definition) is 5. The van der Waals surface area contributed by atoms with Crippen molar-refractivity contribution in [1.82, 2.24) is 0 Å². The van der Waals surface area contributed by atoms with E-state index in [0.717, 1.165) is 21.8 Å². The fourth-order valence-corrected chi connectivity index (χ4v) is 5.82. The first-order valence-corrected chi connectivity index (χ1v) is 10.0. The summed E-state index contributed by atoms with van der Waals surface area (Å²) in [7, 11) is 1.35. The third kappa shape index (κ3) is 2.26. The fraction of sp³-hybridized carbons (Fsp3) is 0.286. The third-order valence-corrected chi connectivity index (χ3v) is 7.11. The first-order valence-electron chi connectivity index (χ1n) is 9.19. The van der Waals surface area contributed by atoms with Gasteiger partial charge in [0.1, 0.15) is 0 Å². The Labute approximate surface area is 166 Å². The number of nitrogens with zero attached hydrogens (tertiary/aromatic N) is 2. The molecule has 6 nitrogen and oxygen atoms in total. The third-order valence-electron chi connectivity index (χ3n) is 5.65. The Morgan fingerprint density at radius 2 is 1.93 bits per heavy atom. The number of amides is 2. The van der Waals surface area contributed by atoms with Crippen molar-refractivity contribution in [3.05, 3.63) is 53.6 Å². The molecule has 0 unspecified atom stereocenters. The summed E-state index contributed by atoms with van der Waals surface area (Å²) in [5, 5.41) is 0. The van der Waals surface area contributed by atoms with E-state index in [4.69, 9.17) is 4.74 Å². The highest BCUT2D eigenvalue weighted by molar-refractivity contribution is 8.02. The molecule has 28 heavy (non-hydrogen) atoms. The molecular formula is C21H18N2O4S. The molecule has 1 fully saturated rings. The van der Waals surface area contributed by atoms with Crippen LogP contribution in [0.4, 0.5) is 11.4 Å². The summed E-state index contributed by atoms with van der Waals surface area (Å²) in [5.74, 6) is -0.462. The number of carbonyl (C=O) groups is 3. The Hall–Kier alpha value is -2.80. The van der Waals surface area contributed by atoms with Crippen LogP contribution in [0.5, 0.6) is 0 Å². The SMILES string of the molecule is COC(=O)c1ccc2c(c1)CCN2C(=O)[C@@]12CCC(=O)N1c1ccccc1S2. The van der Waals surface area contributed by atoms with Crippen molar-refractivity contribution < 1.29 is 19.1 Å². The summed E-state index contributed by atoms with van der Waals surface area (Å²) in [6, 6.07) is 13.0. The predicted molar refractivity (Wildman–Crippen MR) is 106 cm³/mol. The van der Waals surface area contributed by atoms with E-state index >= 15 is 0 Å². The molecule has 0 radical (unpaired) electrons. The number of benzene rings is 2. The van der Waals surface area contributed by atoms with Gasteiger partial charge in [-0.1, -0.05) is 23.9 Å². The van der Waals surface area contributed by atoms with Crippen LogP contribution in [0.15, 0.2) is 47.4 Å². The maximum absolute atomic E-state index is 13.7. The van der Waals surface area contributed by atoms with Gasteiger partial charge >= 0.3 is 5.97 Å². The van der Waals surface area contributed by atoms with E-state index < -0.39 is 4.87 Å². The van der Waals surface area contributed by atoms with E-state index in [0.29, 0.717) is 31.4 Å². The molecule has 0 bridgehead atoms. The van der Waals surface area contributed by atoms with Gasteiger partial charge in [-0.25, -0.2) is 4.79 Å². The first kappa shape index (κ1) is 17.3. The Balaban J connectivity index is 1.52. The van der Waals surface area contributed by atoms with Gasteiger partial charge in [0.25, 0.3) is 5.91 Å². The Kier molecular flexibility index (Phi) is 3.77. The molecule has 2 aromatic carbocycles. The second-order valence-corrected chi connectivity index (χ2v) is 8.44. The zero-order chi connectivity index (χ0) is 19.5. The van der Waals surface area contributed by atoms with Gasteiger partial charge in [-0.2, -0.15) is 0 Å². The molecule has 0 aliphatic carbocycles. The first-order chi connectivity index (χ1) is 13.5. The Bertz CT molecular complexity index is 1040. The van der Waals surface area contributed by atoms with Crippen LogP contribution in [-0.2, 0) is 20.7 Å². The summed E-state index contributed by atoms with van der Waals surface area (Å²) in [6.07, 6.45) is 1.54. The van der Waals surface area contributed by atoms with Crippen LogP contribution >= 0.6 is 11.8 Å². The molecule has 1 saturated heterocycles. The zero-order valence-corrected chi connectivity index (χ0v) is 16.1. The van der Waals surface area contributed by atoms with Crippen LogP contribution in [0.1, 0.15) is 28.8 Å². The number of esters is 1. The van der Waals surface area contributed by atoms with Crippen molar-refractivity contribution in [3.8, 4) is 0 Å². The molecule has 0 saturated carbocycles. The van der Waals surface area contributed by atoms with E-state index in [-0.39, 0.29) is 17.8 Å². The number of ether oxygens (including phenoxy) is 1. The normalized spacial score (nSPS) is 22.1. The molecule has 0 aromatic heterocycles. The summed E-state index contributed by atoms with van der Waals surface area (Å²) >= 11 is 1.48. The number of thioether (sulfide) groups is 1. The van der Waals surface area contributed by atoms with E-state index in [9.17, 15) is 14.4 Å². The van der Waals surface area contributed by atoms with Crippen molar-refractivity contribution in [2.45, 2.75) is 29.0 Å². The number of methoxy groups -OCH3 is 1. The van der Waals surface area contributed by atoms with Crippen LogP contribution in [0, 0.1) is 0 Å². The minimum absolute atomic E-state index is 0.00809. The van der Waals surface area contributed by atoms with Crippen LogP contribution in [-0.4, -0.2) is 36.3 Å². The highest BCUT2D eigenvalue weighted by Gasteiger charge is 2.59. The lowest BCUT2D eigenvalue weighted by atomic mass is 10.1. The maximum Gasteiger partial charge on any atom is 0.337 e. The number of carbonyl (C=O) groups excluding carboxylic acids is 3. The molecule has 3 heterocycles. The molecule has 3 aliphatic rings. The molecule has 3 aliphatic heterocycles. The molecule has 0 N–H and O–H groups in total. The lowest BCUT2D eigenvalue weighted by Gasteiger charge is -2.33. The van der Waals surface area contributed by atoms with Gasteiger partial charge in [0.15, 0.2) is 4.87 Å². The van der Waals surface area contributed by atoms with Crippen LogP contribution in [0.25, 0.3) is 0 Å². The van der Waals surface area contributed by atoms with Crippen LogP contribution < -0.4 is 9.80 Å². The monoisotopic (exact) mass is 394 g/mol. The molecule has 5 rings (SSSR count). The number of fused-ring (bicyclic) bond motifs is 4. The molecular weight excluding hydrogens is 376 g/mol. The second-order valence-electron chi connectivity index (χ2n) is 7.13. The summed E-state index contributed by atoms with van der Waals surface area (Å²) < 4.78 is 4.79. The van der Waals surface area contributed by atoms with E-state index in [2.05, 4.69) is 0 Å². The summed E-state index contributed by atoms with van der Waals surface area (Å²) in [6.45, 7) is 0.541. The highest BCUT2D eigenvalue weighted by Crippen LogP contribution is 2.56. The smallest absolute Gasteiger partial charge is 0.337 e. The molecule has 0 spiro atoms. The van der Waals surface area contributed by atoms with Crippen LogP contribution in [0.3, 0.4) is 0 Å². The number of rotatable bonds is 2. The van der Waals surface area contributed by atoms with Crippen molar-refractivity contribution >= 4 is 40.9 Å². The molecule has 1 atom stereocenters. The van der Waals surface area contributed by atoms with Gasteiger partial charge < -0.3 is 9.64 Å². The second kappa shape index (κ2) is 6.10. The lowest BCUT2D eigenvalue weighted by Crippen LogP contribution is -2.53. The topological polar surface area (TPSA) is 66.9 Å². The predicted octanol–water partition coefficient (Wildman–Crippen LogP) is 2.99. The number of anilines is 2. The number of hydrogen-bond donors (Lipinski definition) is 0. The van der Waals surface area contributed by atoms with Crippen molar-refractivity contribution in [1.29, 1.82) is 0 Å². The molecule has 142 valence electrons. The fourth-order valence-electron chi connectivity index (χ4n) is 4.35. The van der Waals surface area contributed by atoms with E-state index in [1.54, 1.807) is 28.0 Å². The van der Waals surface area contributed by atoms with E-state index in [1.807, 2.05) is 24.3 Å². The van der Waals surface area contributed by atoms with Gasteiger partial charge in [-0.3, -0.25) is 14.5 Å². The minimum Gasteiger partial charge on any atom is -0.465 e. The Morgan fingerprint density at radius 3 is 2.75 bits per heavy atom. The van der Waals surface area contributed by atoms with Gasteiger partial charge in [-0.15, -0.1) is 0 Å². The molecule has 2 amide bonds. The Morgan fingerprint density at radius 1 is 1.11 bits per heavy atom. The number of para-hydroxylation sites is 1. The van der Waals surface area contributed by atoms with Gasteiger partial charge in [0, 0.05) is 23.5 Å². The summed E-state index contributed by atoms with van der Waals surface area (Å²) in [5.41, 5.74) is 3.06. The molecule has 7 heteroatoms. The van der Waals surface area contributed by atoms with E-state index in [1.165, 1.54) is 18.9 Å². The quantitative estimate of drug-likeness (QED) is 0.733. The standard InChI is InChI=1S/C21H18N2O4S/c1-27-19(25)14-6-7-15-13(12-14)9-11-22(15)20(26)21-10-8-18(24)23(21)16-4-2-3-5-17(16)28-21/h2-7,12H,8-11H2,1H3/t21-/m0/s1. The minimum atomic E-state index is -0.913. The average Bonchev–Trinajstić information content (AvgIpc) is 3.38. The zero-order valence-electron chi connectivity index (χ0n) is 15.3. The average molecular weight is 394 g/mol. The highest BCUT2D eigenvalue weighted by atomic mass is 32.2. The molecule has 2 aromatic rings. The van der Waals surface area contributed by atoms with Gasteiger partial charge in [-0.05, 0) is 48.7 Å². The van der Waals surface area contributed by atoms with Crippen molar-refractivity contribution in [2.75, 3.05) is 23.5 Å². The maximum atomic E-state index is 13.7. The van der Waals surface area contributed by atoms with Crippen molar-refractivity contribution in [3.63, 3.8) is 0 Å². The summed E-state index contributed by atoms with van der Waals surface area (Å²) in [4.78, 5) is 41.7. The lowest BCUT2D eigenvalue weighted by molar-refractivity contribution is -0.122.